The van der Waals surface area contributed by atoms with Crippen LogP contribution in [0, 0.1) is 11.8 Å². The number of nitrogens with zero attached hydrogens (tertiary/aromatic N) is 3. The molecule has 2 bridgehead atoms. The maximum absolute atomic E-state index is 13.3. The monoisotopic (exact) mass is 364 g/mol. The van der Waals surface area contributed by atoms with Gasteiger partial charge in [0.05, 0.1) is 11.5 Å². The lowest BCUT2D eigenvalue weighted by Gasteiger charge is -2.44. The molecular weight excluding hydrogens is 346 g/mol. The number of hydrogen-bond acceptors (Lipinski definition) is 1. The summed E-state index contributed by atoms with van der Waals surface area (Å²) in [4.78, 5) is 16.7. The van der Waals surface area contributed by atoms with Crippen LogP contribution in [0.25, 0.3) is 11.1 Å². The Hall–Kier alpha value is -3.36. The van der Waals surface area contributed by atoms with Gasteiger partial charge in [0.25, 0.3) is 5.78 Å². The molecule has 0 amide bonds. The van der Waals surface area contributed by atoms with Crippen molar-refractivity contribution in [3.05, 3.63) is 101 Å². The summed E-state index contributed by atoms with van der Waals surface area (Å²) in [5.41, 5.74) is 14.9. The predicted molar refractivity (Wildman–Crippen MR) is 104 cm³/mol. The van der Waals surface area contributed by atoms with Gasteiger partial charge in [-0.3, -0.25) is 4.79 Å². The van der Waals surface area contributed by atoms with E-state index in [0.29, 0.717) is 11.8 Å². The Morgan fingerprint density at radius 2 is 1.86 bits per heavy atom. The standard InChI is InChI=1S/C24H18N3O/c25-26-18-13-17(14-7-2-1-3-8-14)21-20-15-9-6-10-16(15)23(22(21)24(18)28)27-12-5-4-11-19(20)27/h1-9,11-13,15-16,20,23H,10H2/q+1. The molecule has 0 radical (unpaired) electrons. The van der Waals surface area contributed by atoms with Gasteiger partial charge in [0.2, 0.25) is 0 Å². The fourth-order valence-electron chi connectivity index (χ4n) is 5.72. The van der Waals surface area contributed by atoms with E-state index in [9.17, 15) is 10.3 Å². The van der Waals surface area contributed by atoms with E-state index >= 15 is 0 Å². The topological polar surface area (TPSA) is 57.4 Å². The van der Waals surface area contributed by atoms with Gasteiger partial charge in [-0.15, -0.1) is 0 Å². The van der Waals surface area contributed by atoms with Gasteiger partial charge in [0, 0.05) is 30.0 Å². The van der Waals surface area contributed by atoms with Crippen molar-refractivity contribution in [1.82, 2.24) is 0 Å². The molecule has 3 heterocycles. The first-order valence-electron chi connectivity index (χ1n) is 9.74. The van der Waals surface area contributed by atoms with E-state index in [0.717, 1.165) is 28.7 Å². The third-order valence-corrected chi connectivity index (χ3v) is 6.73. The molecule has 0 saturated carbocycles. The minimum Gasteiger partial charge on any atom is -0.361 e. The van der Waals surface area contributed by atoms with E-state index in [1.165, 1.54) is 5.69 Å². The van der Waals surface area contributed by atoms with Gasteiger partial charge >= 0.3 is 5.71 Å². The summed E-state index contributed by atoms with van der Waals surface area (Å²) in [6.45, 7) is 0. The molecule has 1 aromatic heterocycles. The van der Waals surface area contributed by atoms with E-state index in [-0.39, 0.29) is 23.5 Å². The second-order valence-corrected chi connectivity index (χ2v) is 7.93. The van der Waals surface area contributed by atoms with Crippen LogP contribution >= 0.6 is 0 Å². The maximum atomic E-state index is 13.3. The number of aromatic nitrogens is 1. The van der Waals surface area contributed by atoms with E-state index in [1.807, 2.05) is 24.3 Å². The summed E-state index contributed by atoms with van der Waals surface area (Å²) in [6.07, 6.45) is 9.43. The number of allylic oxidation sites excluding steroid dienone is 6. The van der Waals surface area contributed by atoms with Gasteiger partial charge in [0.15, 0.2) is 17.9 Å². The maximum Gasteiger partial charge on any atom is 0.363 e. The van der Waals surface area contributed by atoms with Gasteiger partial charge < -0.3 is 5.53 Å². The molecule has 5 aliphatic rings. The molecule has 2 aliphatic heterocycles. The van der Waals surface area contributed by atoms with E-state index in [1.54, 1.807) is 6.08 Å². The average molecular weight is 364 g/mol. The highest BCUT2D eigenvalue weighted by Gasteiger charge is 2.60. The van der Waals surface area contributed by atoms with Gasteiger partial charge in [-0.25, -0.2) is 0 Å². The van der Waals surface area contributed by atoms with Crippen molar-refractivity contribution in [2.75, 3.05) is 0 Å². The number of carbonyl (C=O) groups is 1. The molecule has 0 saturated heterocycles. The molecule has 0 fully saturated rings. The second kappa shape index (κ2) is 5.57. The van der Waals surface area contributed by atoms with E-state index < -0.39 is 0 Å². The number of carbonyl (C=O) groups excluding carboxylic acids is 1. The van der Waals surface area contributed by atoms with Crippen molar-refractivity contribution >= 4 is 17.1 Å². The van der Waals surface area contributed by atoms with Gasteiger partial charge in [-0.05, 0) is 23.1 Å². The minimum atomic E-state index is -0.139. The number of Topliss-reactive ketones (excluding diaryl/α,β-unsaturated/α-hetero) is 1. The Morgan fingerprint density at radius 3 is 2.68 bits per heavy atom. The fraction of sp³-hybridized carbons (Fsp3) is 0.208. The van der Waals surface area contributed by atoms with Crippen LogP contribution in [0.1, 0.15) is 29.6 Å². The summed E-state index contributed by atoms with van der Waals surface area (Å²) in [5.74, 6) is 0.779. The molecule has 0 N–H and O–H groups in total. The van der Waals surface area contributed by atoms with Crippen LogP contribution in [-0.4, -0.2) is 16.3 Å². The summed E-state index contributed by atoms with van der Waals surface area (Å²) in [5, 5.41) is 0. The second-order valence-electron chi connectivity index (χ2n) is 7.93. The van der Waals surface area contributed by atoms with Crippen LogP contribution < -0.4 is 4.57 Å². The number of benzene rings is 1. The van der Waals surface area contributed by atoms with Crippen LogP contribution in [0.15, 0.2) is 84.1 Å². The molecule has 28 heavy (non-hydrogen) atoms. The Labute approximate surface area is 162 Å². The molecule has 4 heteroatoms. The van der Waals surface area contributed by atoms with Crippen LogP contribution in [0.5, 0.6) is 0 Å². The van der Waals surface area contributed by atoms with Gasteiger partial charge in [0.1, 0.15) is 0 Å². The fourth-order valence-corrected chi connectivity index (χ4v) is 5.72. The molecule has 2 aromatic rings. The zero-order valence-electron chi connectivity index (χ0n) is 15.2. The zero-order valence-corrected chi connectivity index (χ0v) is 15.2. The van der Waals surface area contributed by atoms with Crippen molar-refractivity contribution in [3.63, 3.8) is 0 Å². The smallest absolute Gasteiger partial charge is 0.361 e. The van der Waals surface area contributed by atoms with Crippen molar-refractivity contribution in [1.29, 1.82) is 0 Å². The van der Waals surface area contributed by atoms with Crippen LogP contribution in [0.4, 0.5) is 0 Å². The van der Waals surface area contributed by atoms with Crippen molar-refractivity contribution in [2.24, 2.45) is 11.8 Å². The third kappa shape index (κ3) is 1.85. The molecule has 1 aromatic carbocycles. The summed E-state index contributed by atoms with van der Waals surface area (Å²) in [6, 6.07) is 16.4. The summed E-state index contributed by atoms with van der Waals surface area (Å²) in [7, 11) is 0. The Balaban J connectivity index is 1.68. The first-order chi connectivity index (χ1) is 13.8. The van der Waals surface area contributed by atoms with Crippen LogP contribution in [-0.2, 0) is 4.79 Å². The zero-order chi connectivity index (χ0) is 18.8. The highest BCUT2D eigenvalue weighted by atomic mass is 16.1. The first-order valence-corrected chi connectivity index (χ1v) is 9.74. The van der Waals surface area contributed by atoms with Gasteiger partial charge in [-0.1, -0.05) is 48.6 Å². The normalized spacial score (nSPS) is 29.2. The third-order valence-electron chi connectivity index (χ3n) is 6.73. The quantitative estimate of drug-likeness (QED) is 0.251. The van der Waals surface area contributed by atoms with Crippen LogP contribution in [0.3, 0.4) is 0 Å². The van der Waals surface area contributed by atoms with Crippen molar-refractivity contribution in [2.45, 2.75) is 18.4 Å². The lowest BCUT2D eigenvalue weighted by molar-refractivity contribution is -0.738. The number of ketones is 1. The SMILES string of the molecule is [N-]=[N+]=C1C=C(c2ccccc2)C2=C(C1=O)C1C3CC=CC3C2c2cccc[n+]21. The molecule has 4 atom stereocenters. The highest BCUT2D eigenvalue weighted by Crippen LogP contribution is 2.58. The number of pyridine rings is 1. The predicted octanol–water partition coefficient (Wildman–Crippen LogP) is 3.45. The first kappa shape index (κ1) is 15.7. The molecular formula is C24H18N3O+. The Bertz CT molecular complexity index is 1180. The van der Waals surface area contributed by atoms with E-state index in [4.69, 9.17) is 0 Å². The Morgan fingerprint density at radius 1 is 1.04 bits per heavy atom. The summed E-state index contributed by atoms with van der Waals surface area (Å²) >= 11 is 0. The molecule has 0 spiro atoms. The molecule has 134 valence electrons. The minimum absolute atomic E-state index is 0.0205. The largest absolute Gasteiger partial charge is 0.363 e. The highest BCUT2D eigenvalue weighted by molar-refractivity contribution is 6.51. The van der Waals surface area contributed by atoms with Crippen molar-refractivity contribution < 1.29 is 14.2 Å². The molecule has 4 unspecified atom stereocenters. The number of rotatable bonds is 1. The molecule has 4 nitrogen and oxygen atoms in total. The van der Waals surface area contributed by atoms with Crippen molar-refractivity contribution in [3.8, 4) is 0 Å². The lowest BCUT2D eigenvalue weighted by Crippen LogP contribution is -2.60. The number of hydrogen-bond donors (Lipinski definition) is 0. The van der Waals surface area contributed by atoms with Crippen LogP contribution in [0.2, 0.25) is 0 Å². The van der Waals surface area contributed by atoms with E-state index in [2.05, 4.69) is 52.0 Å². The molecule has 7 rings (SSSR count). The summed E-state index contributed by atoms with van der Waals surface area (Å²) < 4.78 is 2.28. The Kier molecular flexibility index (Phi) is 3.12. The average Bonchev–Trinajstić information content (AvgIpc) is 3.25. The van der Waals surface area contributed by atoms with Gasteiger partial charge in [-0.2, -0.15) is 9.36 Å². The molecule has 3 aliphatic carbocycles. The lowest BCUT2D eigenvalue weighted by atomic mass is 9.59.